The Bertz CT molecular complexity index is 475. The van der Waals surface area contributed by atoms with Crippen LogP contribution in [-0.2, 0) is 4.79 Å². The Hall–Kier alpha value is -1.91. The fourth-order valence-electron chi connectivity index (χ4n) is 2.75. The molecule has 1 aliphatic rings. The van der Waals surface area contributed by atoms with Gasteiger partial charge in [0.15, 0.2) is 0 Å². The summed E-state index contributed by atoms with van der Waals surface area (Å²) in [4.78, 5) is 29.0. The van der Waals surface area contributed by atoms with Crippen LogP contribution in [0.4, 0.5) is 0 Å². The lowest BCUT2D eigenvalue weighted by Gasteiger charge is -2.35. The number of aromatic nitrogens is 1. The van der Waals surface area contributed by atoms with Crippen molar-refractivity contribution in [1.82, 2.24) is 9.88 Å². The van der Waals surface area contributed by atoms with Crippen molar-refractivity contribution in [3.63, 3.8) is 0 Å². The Labute approximate surface area is 118 Å². The molecule has 5 heteroatoms. The Morgan fingerprint density at radius 3 is 2.95 bits per heavy atom. The highest BCUT2D eigenvalue weighted by Gasteiger charge is 2.29. The summed E-state index contributed by atoms with van der Waals surface area (Å²) >= 11 is 0. The molecule has 1 N–H and O–H groups in total. The number of carboxylic acid groups (broad SMARTS) is 1. The average molecular weight is 276 g/mol. The lowest BCUT2D eigenvalue weighted by molar-refractivity contribution is -0.138. The van der Waals surface area contributed by atoms with E-state index < -0.39 is 5.97 Å². The predicted octanol–water partition coefficient (Wildman–Crippen LogP) is 2.04. The topological polar surface area (TPSA) is 70.5 Å². The molecule has 1 amide bonds. The number of pyridine rings is 1. The van der Waals surface area contributed by atoms with E-state index in [1.165, 1.54) is 0 Å². The van der Waals surface area contributed by atoms with Crippen molar-refractivity contribution in [1.29, 1.82) is 0 Å². The Balaban J connectivity index is 2.00. The maximum Gasteiger partial charge on any atom is 0.303 e. The molecule has 0 radical (unpaired) electrons. The molecule has 1 saturated heterocycles. The fraction of sp³-hybridized carbons (Fsp3) is 0.533. The molecule has 1 aromatic rings. The van der Waals surface area contributed by atoms with Crippen LogP contribution in [0.2, 0.25) is 0 Å². The van der Waals surface area contributed by atoms with Gasteiger partial charge in [-0.1, -0.05) is 13.0 Å². The van der Waals surface area contributed by atoms with Crippen molar-refractivity contribution < 1.29 is 14.7 Å². The minimum absolute atomic E-state index is 0.0576. The number of piperidine rings is 1. The van der Waals surface area contributed by atoms with Crippen molar-refractivity contribution in [2.75, 3.05) is 13.1 Å². The van der Waals surface area contributed by atoms with E-state index in [-0.39, 0.29) is 24.2 Å². The lowest BCUT2D eigenvalue weighted by Crippen LogP contribution is -2.42. The molecule has 2 heterocycles. The second kappa shape index (κ2) is 6.50. The molecular weight excluding hydrogens is 256 g/mol. The molecule has 1 aliphatic heterocycles. The molecule has 2 unspecified atom stereocenters. The maximum atomic E-state index is 12.3. The van der Waals surface area contributed by atoms with Crippen LogP contribution in [-0.4, -0.2) is 40.0 Å². The van der Waals surface area contributed by atoms with E-state index >= 15 is 0 Å². The van der Waals surface area contributed by atoms with Gasteiger partial charge in [0.05, 0.1) is 0 Å². The number of hydrogen-bond donors (Lipinski definition) is 1. The first kappa shape index (κ1) is 14.5. The van der Waals surface area contributed by atoms with E-state index in [1.807, 2.05) is 6.92 Å². The summed E-state index contributed by atoms with van der Waals surface area (Å²) in [6.07, 6.45) is 3.69. The average Bonchev–Trinajstić information content (AvgIpc) is 2.47. The molecule has 0 aliphatic carbocycles. The minimum atomic E-state index is -0.773. The molecule has 5 nitrogen and oxygen atoms in total. The van der Waals surface area contributed by atoms with Crippen molar-refractivity contribution in [3.05, 3.63) is 30.1 Å². The molecule has 0 spiro atoms. The van der Waals surface area contributed by atoms with Gasteiger partial charge in [0.25, 0.3) is 5.91 Å². The second-order valence-corrected chi connectivity index (χ2v) is 5.44. The maximum absolute atomic E-state index is 12.3. The van der Waals surface area contributed by atoms with E-state index in [1.54, 1.807) is 29.3 Å². The second-order valence-electron chi connectivity index (χ2n) is 5.44. The minimum Gasteiger partial charge on any atom is -0.481 e. The predicted molar refractivity (Wildman–Crippen MR) is 74.3 cm³/mol. The third-order valence-corrected chi connectivity index (χ3v) is 3.93. The van der Waals surface area contributed by atoms with E-state index in [9.17, 15) is 9.59 Å². The first-order valence-electron chi connectivity index (χ1n) is 7.00. The van der Waals surface area contributed by atoms with Crippen molar-refractivity contribution in [2.45, 2.75) is 26.2 Å². The zero-order valence-corrected chi connectivity index (χ0v) is 11.7. The highest BCUT2D eigenvalue weighted by molar-refractivity contribution is 5.92. The number of hydrogen-bond acceptors (Lipinski definition) is 3. The van der Waals surface area contributed by atoms with Gasteiger partial charge in [0.1, 0.15) is 5.69 Å². The van der Waals surface area contributed by atoms with Crippen LogP contribution in [0, 0.1) is 11.8 Å². The van der Waals surface area contributed by atoms with Gasteiger partial charge in [0, 0.05) is 25.7 Å². The number of amides is 1. The summed E-state index contributed by atoms with van der Waals surface area (Å²) in [5, 5.41) is 8.88. The lowest BCUT2D eigenvalue weighted by atomic mass is 9.84. The molecule has 0 aromatic carbocycles. The van der Waals surface area contributed by atoms with E-state index in [4.69, 9.17) is 5.11 Å². The number of likely N-dealkylation sites (tertiary alicyclic amines) is 1. The molecule has 2 rings (SSSR count). The number of carbonyl (C=O) groups excluding carboxylic acids is 1. The molecule has 108 valence electrons. The zero-order chi connectivity index (χ0) is 14.5. The third-order valence-electron chi connectivity index (χ3n) is 3.93. The number of aliphatic carboxylic acids is 1. The summed E-state index contributed by atoms with van der Waals surface area (Å²) in [6, 6.07) is 5.30. The van der Waals surface area contributed by atoms with Crippen LogP contribution in [0.5, 0.6) is 0 Å². The van der Waals surface area contributed by atoms with Crippen LogP contribution in [0.3, 0.4) is 0 Å². The SMILES string of the molecule is CC(CC(=O)O)C1CCCN(C(=O)c2ccccn2)C1. The first-order valence-corrected chi connectivity index (χ1v) is 7.00. The number of carboxylic acids is 1. The van der Waals surface area contributed by atoms with Gasteiger partial charge in [-0.25, -0.2) is 0 Å². The molecular formula is C15H20N2O3. The summed E-state index contributed by atoms with van der Waals surface area (Å²) in [5.41, 5.74) is 0.457. The Morgan fingerprint density at radius 1 is 1.50 bits per heavy atom. The largest absolute Gasteiger partial charge is 0.481 e. The van der Waals surface area contributed by atoms with Crippen molar-refractivity contribution >= 4 is 11.9 Å². The van der Waals surface area contributed by atoms with E-state index in [2.05, 4.69) is 4.98 Å². The molecule has 1 aromatic heterocycles. The van der Waals surface area contributed by atoms with Gasteiger partial charge in [0.2, 0.25) is 0 Å². The van der Waals surface area contributed by atoms with Gasteiger partial charge in [-0.2, -0.15) is 0 Å². The first-order chi connectivity index (χ1) is 9.58. The van der Waals surface area contributed by atoms with Gasteiger partial charge < -0.3 is 10.0 Å². The van der Waals surface area contributed by atoms with Crippen LogP contribution in [0.1, 0.15) is 36.7 Å². The summed E-state index contributed by atoms with van der Waals surface area (Å²) < 4.78 is 0. The van der Waals surface area contributed by atoms with Crippen molar-refractivity contribution in [3.8, 4) is 0 Å². The Morgan fingerprint density at radius 2 is 2.30 bits per heavy atom. The smallest absolute Gasteiger partial charge is 0.303 e. The third kappa shape index (κ3) is 3.56. The molecule has 0 saturated carbocycles. The summed E-state index contributed by atoms with van der Waals surface area (Å²) in [5.74, 6) is -0.483. The van der Waals surface area contributed by atoms with Gasteiger partial charge >= 0.3 is 5.97 Å². The van der Waals surface area contributed by atoms with Gasteiger partial charge in [-0.15, -0.1) is 0 Å². The standard InChI is InChI=1S/C15H20N2O3/c1-11(9-14(18)19)12-5-4-8-17(10-12)15(20)13-6-2-3-7-16-13/h2-3,6-7,11-12H,4-5,8-10H2,1H3,(H,18,19). The van der Waals surface area contributed by atoms with Crippen LogP contribution in [0.25, 0.3) is 0 Å². The van der Waals surface area contributed by atoms with Crippen molar-refractivity contribution in [2.24, 2.45) is 11.8 Å². The summed E-state index contributed by atoms with van der Waals surface area (Å²) in [7, 11) is 0. The number of rotatable bonds is 4. The summed E-state index contributed by atoms with van der Waals surface area (Å²) in [6.45, 7) is 3.31. The Kier molecular flexibility index (Phi) is 4.71. The number of carbonyl (C=O) groups is 2. The molecule has 0 bridgehead atoms. The van der Waals surface area contributed by atoms with Gasteiger partial charge in [-0.05, 0) is 36.8 Å². The monoisotopic (exact) mass is 276 g/mol. The highest BCUT2D eigenvalue weighted by Crippen LogP contribution is 2.26. The number of nitrogens with zero attached hydrogens (tertiary/aromatic N) is 2. The van der Waals surface area contributed by atoms with E-state index in [0.29, 0.717) is 12.2 Å². The molecule has 2 atom stereocenters. The van der Waals surface area contributed by atoms with Gasteiger partial charge in [-0.3, -0.25) is 14.6 Å². The van der Waals surface area contributed by atoms with Crippen LogP contribution < -0.4 is 0 Å². The zero-order valence-electron chi connectivity index (χ0n) is 11.7. The fourth-order valence-corrected chi connectivity index (χ4v) is 2.75. The molecule has 20 heavy (non-hydrogen) atoms. The highest BCUT2D eigenvalue weighted by atomic mass is 16.4. The normalized spacial score (nSPS) is 20.4. The van der Waals surface area contributed by atoms with Crippen LogP contribution >= 0.6 is 0 Å². The van der Waals surface area contributed by atoms with E-state index in [0.717, 1.165) is 19.4 Å². The quantitative estimate of drug-likeness (QED) is 0.913. The molecule has 1 fully saturated rings. The van der Waals surface area contributed by atoms with Crippen LogP contribution in [0.15, 0.2) is 24.4 Å².